The molecule has 0 aliphatic heterocycles. The molecule has 0 spiro atoms. The van der Waals surface area contributed by atoms with E-state index < -0.39 is 0 Å². The van der Waals surface area contributed by atoms with Crippen LogP contribution in [0.2, 0.25) is 0 Å². The second kappa shape index (κ2) is 6.81. The Hall–Kier alpha value is -1.81. The Balaban J connectivity index is 1.91. The molecule has 4 nitrogen and oxygen atoms in total. The van der Waals surface area contributed by atoms with Crippen LogP contribution < -0.4 is 5.32 Å². The van der Waals surface area contributed by atoms with Gasteiger partial charge in [-0.15, -0.1) is 0 Å². The number of hydrogen-bond donors (Lipinski definition) is 1. The van der Waals surface area contributed by atoms with Crippen LogP contribution in [0.1, 0.15) is 30.3 Å². The van der Waals surface area contributed by atoms with E-state index in [0.29, 0.717) is 0 Å². The van der Waals surface area contributed by atoms with Crippen LogP contribution in [0.4, 0.5) is 0 Å². The van der Waals surface area contributed by atoms with Crippen molar-refractivity contribution in [2.75, 3.05) is 6.54 Å². The number of hydrogen-bond acceptors (Lipinski definition) is 4. The molecule has 2 aromatic rings. The second-order valence-corrected chi connectivity index (χ2v) is 4.22. The van der Waals surface area contributed by atoms with Gasteiger partial charge in [0.2, 0.25) is 0 Å². The van der Waals surface area contributed by atoms with E-state index in [-0.39, 0.29) is 0 Å². The molecule has 1 N–H and O–H groups in total. The van der Waals surface area contributed by atoms with E-state index in [2.05, 4.69) is 27.2 Å². The second-order valence-electron chi connectivity index (χ2n) is 4.22. The molecule has 0 aliphatic carbocycles. The van der Waals surface area contributed by atoms with E-state index in [1.165, 1.54) is 5.56 Å². The van der Waals surface area contributed by atoms with Crippen LogP contribution in [-0.4, -0.2) is 21.5 Å². The first kappa shape index (κ1) is 12.6. The summed E-state index contributed by atoms with van der Waals surface area (Å²) in [6.07, 6.45) is 9.27. The highest BCUT2D eigenvalue weighted by Gasteiger charge is 1.99. The van der Waals surface area contributed by atoms with Gasteiger partial charge >= 0.3 is 0 Å². The first-order chi connectivity index (χ1) is 8.88. The van der Waals surface area contributed by atoms with Crippen molar-refractivity contribution in [3.63, 3.8) is 0 Å². The number of nitrogens with one attached hydrogen (secondary N) is 1. The standard InChI is InChI=1S/C14H18N4/c1-2-5-16-9-13-10-17-14(18-11-13)8-12-3-6-15-7-4-12/h3-4,6-7,10-11,16H,2,5,8-9H2,1H3. The van der Waals surface area contributed by atoms with Gasteiger partial charge in [-0.2, -0.15) is 0 Å². The summed E-state index contributed by atoms with van der Waals surface area (Å²) in [5, 5.41) is 3.33. The zero-order valence-corrected chi connectivity index (χ0v) is 10.6. The Morgan fingerprint density at radius 2 is 1.78 bits per heavy atom. The lowest BCUT2D eigenvalue weighted by atomic mass is 10.2. The minimum absolute atomic E-state index is 0.755. The molecule has 0 aromatic carbocycles. The third-order valence-electron chi connectivity index (χ3n) is 2.63. The van der Waals surface area contributed by atoms with Crippen LogP contribution in [-0.2, 0) is 13.0 Å². The molecule has 0 saturated heterocycles. The Kier molecular flexibility index (Phi) is 4.78. The third kappa shape index (κ3) is 3.89. The molecule has 0 atom stereocenters. The third-order valence-corrected chi connectivity index (χ3v) is 2.63. The summed E-state index contributed by atoms with van der Waals surface area (Å²) < 4.78 is 0. The SMILES string of the molecule is CCCNCc1cnc(Cc2ccncc2)nc1. The van der Waals surface area contributed by atoms with Crippen LogP contribution in [0.25, 0.3) is 0 Å². The van der Waals surface area contributed by atoms with Gasteiger partial charge < -0.3 is 5.32 Å². The number of pyridine rings is 1. The average Bonchev–Trinajstić information content (AvgIpc) is 2.42. The molecule has 18 heavy (non-hydrogen) atoms. The largest absolute Gasteiger partial charge is 0.313 e. The van der Waals surface area contributed by atoms with Gasteiger partial charge in [-0.3, -0.25) is 4.98 Å². The summed E-state index contributed by atoms with van der Waals surface area (Å²) in [6.45, 7) is 4.02. The van der Waals surface area contributed by atoms with Crippen molar-refractivity contribution < 1.29 is 0 Å². The van der Waals surface area contributed by atoms with Crippen molar-refractivity contribution in [2.45, 2.75) is 26.3 Å². The summed E-state index contributed by atoms with van der Waals surface area (Å²) in [5.41, 5.74) is 2.31. The van der Waals surface area contributed by atoms with Crippen LogP contribution in [0, 0.1) is 0 Å². The lowest BCUT2D eigenvalue weighted by Crippen LogP contribution is -2.14. The predicted molar refractivity (Wildman–Crippen MR) is 71.1 cm³/mol. The molecule has 0 aliphatic rings. The monoisotopic (exact) mass is 242 g/mol. The van der Waals surface area contributed by atoms with E-state index in [4.69, 9.17) is 0 Å². The van der Waals surface area contributed by atoms with Crippen LogP contribution >= 0.6 is 0 Å². The Morgan fingerprint density at radius 1 is 1.06 bits per heavy atom. The van der Waals surface area contributed by atoms with Crippen LogP contribution in [0.3, 0.4) is 0 Å². The summed E-state index contributed by atoms with van der Waals surface area (Å²) in [6, 6.07) is 3.97. The highest BCUT2D eigenvalue weighted by Crippen LogP contribution is 2.04. The summed E-state index contributed by atoms with van der Waals surface area (Å²) >= 11 is 0. The lowest BCUT2D eigenvalue weighted by molar-refractivity contribution is 0.670. The molecule has 0 unspecified atom stereocenters. The normalized spacial score (nSPS) is 10.5. The van der Waals surface area contributed by atoms with Crippen molar-refractivity contribution in [2.24, 2.45) is 0 Å². The molecular weight excluding hydrogens is 224 g/mol. The molecule has 0 saturated carbocycles. The van der Waals surface area contributed by atoms with Gasteiger partial charge in [0.05, 0.1) is 0 Å². The van der Waals surface area contributed by atoms with Gasteiger partial charge in [0.1, 0.15) is 5.82 Å². The van der Waals surface area contributed by atoms with Gasteiger partial charge in [-0.1, -0.05) is 6.92 Å². The fourth-order valence-electron chi connectivity index (χ4n) is 1.66. The highest BCUT2D eigenvalue weighted by molar-refractivity contribution is 5.16. The summed E-state index contributed by atoms with van der Waals surface area (Å²) in [5.74, 6) is 0.848. The van der Waals surface area contributed by atoms with Gasteiger partial charge in [0.25, 0.3) is 0 Å². The summed E-state index contributed by atoms with van der Waals surface area (Å²) in [7, 11) is 0. The van der Waals surface area contributed by atoms with Crippen molar-refractivity contribution >= 4 is 0 Å². The minimum atomic E-state index is 0.755. The van der Waals surface area contributed by atoms with Crippen molar-refractivity contribution in [1.82, 2.24) is 20.3 Å². The molecule has 2 heterocycles. The van der Waals surface area contributed by atoms with Crippen LogP contribution in [0.15, 0.2) is 36.9 Å². The number of aromatic nitrogens is 3. The fraction of sp³-hybridized carbons (Fsp3) is 0.357. The predicted octanol–water partition coefficient (Wildman–Crippen LogP) is 1.96. The number of rotatable bonds is 6. The van der Waals surface area contributed by atoms with E-state index in [9.17, 15) is 0 Å². The first-order valence-corrected chi connectivity index (χ1v) is 6.28. The molecule has 2 rings (SSSR count). The molecule has 2 aromatic heterocycles. The zero-order chi connectivity index (χ0) is 12.6. The molecule has 94 valence electrons. The quantitative estimate of drug-likeness (QED) is 0.787. The molecule has 0 radical (unpaired) electrons. The van der Waals surface area contributed by atoms with E-state index in [0.717, 1.165) is 37.3 Å². The van der Waals surface area contributed by atoms with Crippen LogP contribution in [0.5, 0.6) is 0 Å². The topological polar surface area (TPSA) is 50.7 Å². The maximum atomic E-state index is 4.38. The average molecular weight is 242 g/mol. The van der Waals surface area contributed by atoms with E-state index in [1.54, 1.807) is 12.4 Å². The molecule has 0 bridgehead atoms. The van der Waals surface area contributed by atoms with Gasteiger partial charge in [0.15, 0.2) is 0 Å². The first-order valence-electron chi connectivity index (χ1n) is 6.28. The van der Waals surface area contributed by atoms with Gasteiger partial charge in [-0.25, -0.2) is 9.97 Å². The smallest absolute Gasteiger partial charge is 0.132 e. The molecule has 0 fully saturated rings. The zero-order valence-electron chi connectivity index (χ0n) is 10.6. The van der Waals surface area contributed by atoms with Gasteiger partial charge in [0, 0.05) is 43.3 Å². The molecular formula is C14H18N4. The maximum Gasteiger partial charge on any atom is 0.132 e. The van der Waals surface area contributed by atoms with E-state index >= 15 is 0 Å². The number of nitrogens with zero attached hydrogens (tertiary/aromatic N) is 3. The van der Waals surface area contributed by atoms with Crippen molar-refractivity contribution in [3.8, 4) is 0 Å². The molecule has 4 heteroatoms. The van der Waals surface area contributed by atoms with Crippen molar-refractivity contribution in [3.05, 3.63) is 53.9 Å². The fourth-order valence-corrected chi connectivity index (χ4v) is 1.66. The molecule has 0 amide bonds. The summed E-state index contributed by atoms with van der Waals surface area (Å²) in [4.78, 5) is 12.8. The maximum absolute atomic E-state index is 4.38. The van der Waals surface area contributed by atoms with Crippen molar-refractivity contribution in [1.29, 1.82) is 0 Å². The Labute approximate surface area is 108 Å². The lowest BCUT2D eigenvalue weighted by Gasteiger charge is -2.04. The van der Waals surface area contributed by atoms with Gasteiger partial charge in [-0.05, 0) is 30.7 Å². The van der Waals surface area contributed by atoms with E-state index in [1.807, 2.05) is 24.5 Å². The minimum Gasteiger partial charge on any atom is -0.313 e. The Bertz CT molecular complexity index is 453. The Morgan fingerprint density at radius 3 is 2.44 bits per heavy atom. The highest BCUT2D eigenvalue weighted by atomic mass is 14.9.